The molecule has 0 amide bonds. The Balaban J connectivity index is 2.20. The fourth-order valence-corrected chi connectivity index (χ4v) is 2.56. The zero-order chi connectivity index (χ0) is 13.0. The first-order valence-corrected chi connectivity index (χ1v) is 7.12. The van der Waals surface area contributed by atoms with E-state index in [-0.39, 0.29) is 0 Å². The van der Waals surface area contributed by atoms with Crippen molar-refractivity contribution in [3.05, 3.63) is 74.7 Å². The third-order valence-corrected chi connectivity index (χ3v) is 4.03. The van der Waals surface area contributed by atoms with Gasteiger partial charge in [0.1, 0.15) is 0 Å². The Morgan fingerprint density at radius 1 is 0.889 bits per heavy atom. The quantitative estimate of drug-likeness (QED) is 0.812. The predicted molar refractivity (Wildman–Crippen MR) is 82.3 cm³/mol. The van der Waals surface area contributed by atoms with E-state index >= 15 is 0 Å². The van der Waals surface area contributed by atoms with E-state index in [1.54, 1.807) is 6.08 Å². The first kappa shape index (κ1) is 13.5. The summed E-state index contributed by atoms with van der Waals surface area (Å²) in [5.74, 6) is 0. The van der Waals surface area contributed by atoms with E-state index in [0.29, 0.717) is 0 Å². The molecule has 2 aromatic carbocycles. The van der Waals surface area contributed by atoms with Crippen LogP contribution in [0.15, 0.2) is 63.6 Å². The van der Waals surface area contributed by atoms with E-state index in [4.69, 9.17) is 0 Å². The van der Waals surface area contributed by atoms with Crippen LogP contribution in [0.25, 0.3) is 6.08 Å². The fraction of sp³-hybridized carbons (Fsp3) is 0.0667. The molecule has 18 heavy (non-hydrogen) atoms. The molecule has 3 heteroatoms. The molecular weight excluding hydrogens is 356 g/mol. The second-order valence-corrected chi connectivity index (χ2v) is 5.56. The summed E-state index contributed by atoms with van der Waals surface area (Å²) in [5.41, 5.74) is 1.91. The van der Waals surface area contributed by atoms with Crippen LogP contribution in [-0.4, -0.2) is 5.11 Å². The van der Waals surface area contributed by atoms with Crippen LogP contribution in [0.4, 0.5) is 0 Å². The number of halogens is 2. The minimum absolute atomic E-state index is 0.618. The average molecular weight is 368 g/mol. The molecule has 0 aromatic heterocycles. The molecule has 2 rings (SSSR count). The predicted octanol–water partition coefficient (Wildman–Crippen LogP) is 4.96. The van der Waals surface area contributed by atoms with Gasteiger partial charge in [-0.2, -0.15) is 0 Å². The summed E-state index contributed by atoms with van der Waals surface area (Å²) in [6.07, 6.45) is 3.07. The molecule has 0 saturated heterocycles. The van der Waals surface area contributed by atoms with Crippen LogP contribution in [0.3, 0.4) is 0 Å². The van der Waals surface area contributed by atoms with Gasteiger partial charge in [-0.15, -0.1) is 0 Å². The van der Waals surface area contributed by atoms with Crippen LogP contribution in [0, 0.1) is 0 Å². The second kappa shape index (κ2) is 6.32. The Morgan fingerprint density at radius 3 is 2.17 bits per heavy atom. The number of hydrogen-bond donors (Lipinski definition) is 1. The average Bonchev–Trinajstić information content (AvgIpc) is 2.38. The van der Waals surface area contributed by atoms with Gasteiger partial charge in [0, 0.05) is 8.95 Å². The van der Waals surface area contributed by atoms with Gasteiger partial charge in [0.15, 0.2) is 0 Å². The molecule has 1 unspecified atom stereocenters. The van der Waals surface area contributed by atoms with Gasteiger partial charge in [-0.25, -0.2) is 0 Å². The van der Waals surface area contributed by atoms with Crippen molar-refractivity contribution in [3.63, 3.8) is 0 Å². The molecule has 0 heterocycles. The van der Waals surface area contributed by atoms with Crippen molar-refractivity contribution < 1.29 is 5.11 Å². The standard InChI is InChI=1S/C15H12Br2O/c16-13-7-3-1-5-11(13)9-10-15(18)12-6-2-4-8-14(12)17/h1-10,15,18H/b10-9+. The number of benzene rings is 2. The van der Waals surface area contributed by atoms with Gasteiger partial charge in [-0.1, -0.05) is 80.4 Å². The van der Waals surface area contributed by atoms with Gasteiger partial charge in [-0.05, 0) is 23.3 Å². The lowest BCUT2D eigenvalue weighted by molar-refractivity contribution is 0.229. The van der Waals surface area contributed by atoms with Crippen LogP contribution in [0.5, 0.6) is 0 Å². The summed E-state index contributed by atoms with van der Waals surface area (Å²) in [6.45, 7) is 0. The summed E-state index contributed by atoms with van der Waals surface area (Å²) < 4.78 is 1.93. The van der Waals surface area contributed by atoms with Gasteiger partial charge >= 0.3 is 0 Å². The van der Waals surface area contributed by atoms with E-state index in [2.05, 4.69) is 31.9 Å². The molecule has 0 saturated carbocycles. The summed E-state index contributed by atoms with van der Waals surface area (Å²) in [7, 11) is 0. The fourth-order valence-electron chi connectivity index (χ4n) is 1.62. The van der Waals surface area contributed by atoms with E-state index in [1.807, 2.05) is 54.6 Å². The van der Waals surface area contributed by atoms with E-state index in [9.17, 15) is 5.11 Å². The number of aliphatic hydroxyl groups is 1. The molecule has 0 aliphatic rings. The summed E-state index contributed by atoms with van der Waals surface area (Å²) in [4.78, 5) is 0. The highest BCUT2D eigenvalue weighted by atomic mass is 79.9. The number of aliphatic hydroxyl groups excluding tert-OH is 1. The molecular formula is C15H12Br2O. The molecule has 0 aliphatic carbocycles. The lowest BCUT2D eigenvalue weighted by Gasteiger charge is -2.08. The molecule has 92 valence electrons. The Morgan fingerprint density at radius 2 is 1.50 bits per heavy atom. The van der Waals surface area contributed by atoms with Gasteiger partial charge in [0.05, 0.1) is 6.10 Å². The molecule has 0 spiro atoms. The highest BCUT2D eigenvalue weighted by molar-refractivity contribution is 9.10. The summed E-state index contributed by atoms with van der Waals surface area (Å²) in [6, 6.07) is 15.6. The van der Waals surface area contributed by atoms with Crippen LogP contribution in [0.1, 0.15) is 17.2 Å². The number of hydrogen-bond acceptors (Lipinski definition) is 1. The van der Waals surface area contributed by atoms with E-state index in [1.165, 1.54) is 0 Å². The molecule has 0 fully saturated rings. The minimum atomic E-state index is -0.618. The molecule has 0 bridgehead atoms. The monoisotopic (exact) mass is 366 g/mol. The second-order valence-electron chi connectivity index (χ2n) is 3.85. The molecule has 0 radical (unpaired) electrons. The maximum atomic E-state index is 10.1. The lowest BCUT2D eigenvalue weighted by atomic mass is 10.1. The van der Waals surface area contributed by atoms with Gasteiger partial charge in [-0.3, -0.25) is 0 Å². The van der Waals surface area contributed by atoms with Crippen molar-refractivity contribution in [2.45, 2.75) is 6.10 Å². The smallest absolute Gasteiger partial charge is 0.0985 e. The Bertz CT molecular complexity index is 564. The largest absolute Gasteiger partial charge is 0.384 e. The molecule has 1 nitrogen and oxygen atoms in total. The normalized spacial score (nSPS) is 12.8. The van der Waals surface area contributed by atoms with Crippen LogP contribution < -0.4 is 0 Å². The third-order valence-electron chi connectivity index (χ3n) is 2.59. The highest BCUT2D eigenvalue weighted by Crippen LogP contribution is 2.25. The first-order valence-electron chi connectivity index (χ1n) is 5.53. The van der Waals surface area contributed by atoms with Crippen molar-refractivity contribution in [3.8, 4) is 0 Å². The maximum Gasteiger partial charge on any atom is 0.0985 e. The van der Waals surface area contributed by atoms with Crippen molar-refractivity contribution in [2.24, 2.45) is 0 Å². The zero-order valence-corrected chi connectivity index (χ0v) is 12.7. The van der Waals surface area contributed by atoms with Crippen LogP contribution in [0.2, 0.25) is 0 Å². The van der Waals surface area contributed by atoms with Crippen molar-refractivity contribution in [1.82, 2.24) is 0 Å². The van der Waals surface area contributed by atoms with Crippen LogP contribution >= 0.6 is 31.9 Å². The lowest BCUT2D eigenvalue weighted by Crippen LogP contribution is -1.93. The first-order chi connectivity index (χ1) is 8.68. The van der Waals surface area contributed by atoms with Crippen molar-refractivity contribution in [1.29, 1.82) is 0 Å². The number of rotatable bonds is 3. The highest BCUT2D eigenvalue weighted by Gasteiger charge is 2.06. The Kier molecular flexibility index (Phi) is 4.75. The zero-order valence-electron chi connectivity index (χ0n) is 9.55. The van der Waals surface area contributed by atoms with Crippen molar-refractivity contribution >= 4 is 37.9 Å². The van der Waals surface area contributed by atoms with Crippen molar-refractivity contribution in [2.75, 3.05) is 0 Å². The van der Waals surface area contributed by atoms with E-state index in [0.717, 1.165) is 20.1 Å². The Labute approximate surface area is 123 Å². The van der Waals surface area contributed by atoms with Gasteiger partial charge < -0.3 is 5.11 Å². The van der Waals surface area contributed by atoms with Crippen LogP contribution in [-0.2, 0) is 0 Å². The Hall–Kier alpha value is -0.900. The third kappa shape index (κ3) is 3.31. The molecule has 1 atom stereocenters. The molecule has 2 aromatic rings. The van der Waals surface area contributed by atoms with E-state index < -0.39 is 6.10 Å². The topological polar surface area (TPSA) is 20.2 Å². The maximum absolute atomic E-state index is 10.1. The summed E-state index contributed by atoms with van der Waals surface area (Å²) >= 11 is 6.91. The molecule has 0 aliphatic heterocycles. The molecule has 1 N–H and O–H groups in total. The SMILES string of the molecule is OC(/C=C/c1ccccc1Br)c1ccccc1Br. The minimum Gasteiger partial charge on any atom is -0.384 e. The van der Waals surface area contributed by atoms with Gasteiger partial charge in [0.25, 0.3) is 0 Å². The van der Waals surface area contributed by atoms with Gasteiger partial charge in [0.2, 0.25) is 0 Å². The summed E-state index contributed by atoms with van der Waals surface area (Å²) in [5, 5.41) is 10.1.